The van der Waals surface area contributed by atoms with E-state index < -0.39 is 5.97 Å². The molecule has 4 aromatic rings. The summed E-state index contributed by atoms with van der Waals surface area (Å²) in [6, 6.07) is 15.9. The van der Waals surface area contributed by atoms with Gasteiger partial charge in [0.05, 0.1) is 6.54 Å². The number of carbonyl (C=O) groups is 1. The molecular weight excluding hydrogens is 382 g/mol. The number of nitrogens with zero attached hydrogens (tertiary/aromatic N) is 6. The van der Waals surface area contributed by atoms with E-state index in [-0.39, 0.29) is 5.82 Å². The van der Waals surface area contributed by atoms with Gasteiger partial charge in [0.25, 0.3) is 5.82 Å². The number of aromatic amines is 1. The standard InChI is InChI=1S/C21H21N7O2/c1-13(2)11-18-22-20(21(29)30)25-28(18)12-14-7-9-15(10-8-14)16-5-3-4-6-17(16)19-23-26-27-24-19/h3-10,13H,11-12H2,1-2H3,(H,29,30)(H,23,24,26,27). The summed E-state index contributed by atoms with van der Waals surface area (Å²) in [6.45, 7) is 4.58. The van der Waals surface area contributed by atoms with Gasteiger partial charge in [0, 0.05) is 12.0 Å². The predicted octanol–water partition coefficient (Wildman–Crippen LogP) is 3.07. The molecule has 0 atom stereocenters. The molecule has 0 aliphatic carbocycles. The lowest BCUT2D eigenvalue weighted by atomic mass is 9.98. The molecular formula is C21H21N7O2. The van der Waals surface area contributed by atoms with Crippen LogP contribution in [0.3, 0.4) is 0 Å². The van der Waals surface area contributed by atoms with Crippen LogP contribution < -0.4 is 0 Å². The maximum Gasteiger partial charge on any atom is 0.375 e. The van der Waals surface area contributed by atoms with Crippen molar-refractivity contribution < 1.29 is 9.90 Å². The number of carboxylic acid groups (broad SMARTS) is 1. The van der Waals surface area contributed by atoms with Crippen LogP contribution in [0.25, 0.3) is 22.5 Å². The number of tetrazole rings is 1. The molecule has 2 aromatic carbocycles. The molecule has 0 aliphatic heterocycles. The van der Waals surface area contributed by atoms with Gasteiger partial charge in [0.2, 0.25) is 5.82 Å². The van der Waals surface area contributed by atoms with Crippen molar-refractivity contribution in [3.05, 3.63) is 65.7 Å². The van der Waals surface area contributed by atoms with Gasteiger partial charge in [-0.05, 0) is 27.8 Å². The van der Waals surface area contributed by atoms with Gasteiger partial charge < -0.3 is 5.11 Å². The maximum absolute atomic E-state index is 11.3. The number of nitrogens with one attached hydrogen (secondary N) is 1. The van der Waals surface area contributed by atoms with Crippen LogP contribution in [0.5, 0.6) is 0 Å². The Bertz CT molecular complexity index is 1150. The number of H-pyrrole nitrogens is 1. The molecule has 2 aromatic heterocycles. The largest absolute Gasteiger partial charge is 0.475 e. The van der Waals surface area contributed by atoms with Gasteiger partial charge in [-0.25, -0.2) is 14.5 Å². The van der Waals surface area contributed by atoms with Crippen LogP contribution in [-0.4, -0.2) is 46.5 Å². The lowest BCUT2D eigenvalue weighted by molar-refractivity contribution is 0.0683. The van der Waals surface area contributed by atoms with Gasteiger partial charge in [-0.1, -0.05) is 62.4 Å². The number of benzene rings is 2. The fourth-order valence-electron chi connectivity index (χ4n) is 3.28. The van der Waals surface area contributed by atoms with E-state index in [1.54, 1.807) is 4.68 Å². The minimum Gasteiger partial charge on any atom is -0.475 e. The van der Waals surface area contributed by atoms with Crippen LogP contribution in [0.2, 0.25) is 0 Å². The average molecular weight is 403 g/mol. The van der Waals surface area contributed by atoms with Gasteiger partial charge in [-0.15, -0.1) is 15.3 Å². The molecule has 0 aliphatic rings. The first kappa shape index (κ1) is 19.4. The fourth-order valence-corrected chi connectivity index (χ4v) is 3.28. The molecule has 9 nitrogen and oxygen atoms in total. The van der Waals surface area contributed by atoms with E-state index >= 15 is 0 Å². The number of aromatic nitrogens is 7. The first-order chi connectivity index (χ1) is 14.5. The van der Waals surface area contributed by atoms with Gasteiger partial charge in [0.15, 0.2) is 0 Å². The molecule has 30 heavy (non-hydrogen) atoms. The van der Waals surface area contributed by atoms with Crippen molar-refractivity contribution in [1.82, 2.24) is 35.4 Å². The number of hydrogen-bond donors (Lipinski definition) is 2. The van der Waals surface area contributed by atoms with Gasteiger partial charge >= 0.3 is 5.97 Å². The Morgan fingerprint density at radius 1 is 1.10 bits per heavy atom. The minimum atomic E-state index is -1.12. The molecule has 0 saturated heterocycles. The number of carboxylic acids is 1. The Balaban J connectivity index is 1.61. The van der Waals surface area contributed by atoms with Crippen LogP contribution in [0.1, 0.15) is 35.9 Å². The summed E-state index contributed by atoms with van der Waals surface area (Å²) in [5.41, 5.74) is 3.91. The second-order valence-electron chi connectivity index (χ2n) is 7.39. The quantitative estimate of drug-likeness (QED) is 0.486. The number of hydrogen-bond acceptors (Lipinski definition) is 6. The Kier molecular flexibility index (Phi) is 5.34. The second-order valence-corrected chi connectivity index (χ2v) is 7.39. The third kappa shape index (κ3) is 4.09. The van der Waals surface area contributed by atoms with Crippen molar-refractivity contribution in [3.8, 4) is 22.5 Å². The fraction of sp³-hybridized carbons (Fsp3) is 0.238. The summed E-state index contributed by atoms with van der Waals surface area (Å²) in [5.74, 6) is 0.271. The highest BCUT2D eigenvalue weighted by Crippen LogP contribution is 2.29. The maximum atomic E-state index is 11.3. The topological polar surface area (TPSA) is 122 Å². The van der Waals surface area contributed by atoms with Crippen molar-refractivity contribution in [3.63, 3.8) is 0 Å². The molecule has 9 heteroatoms. The second kappa shape index (κ2) is 8.24. The highest BCUT2D eigenvalue weighted by atomic mass is 16.4. The molecule has 2 heterocycles. The molecule has 152 valence electrons. The number of aromatic carboxylic acids is 1. The molecule has 0 amide bonds. The molecule has 2 N–H and O–H groups in total. The van der Waals surface area contributed by atoms with Crippen LogP contribution in [0.15, 0.2) is 48.5 Å². The molecule has 0 bridgehead atoms. The lowest BCUT2D eigenvalue weighted by Crippen LogP contribution is -2.09. The Morgan fingerprint density at radius 2 is 1.83 bits per heavy atom. The van der Waals surface area contributed by atoms with Crippen molar-refractivity contribution in [2.45, 2.75) is 26.8 Å². The van der Waals surface area contributed by atoms with Crippen molar-refractivity contribution in [2.75, 3.05) is 0 Å². The van der Waals surface area contributed by atoms with Crippen LogP contribution in [-0.2, 0) is 13.0 Å². The monoisotopic (exact) mass is 403 g/mol. The van der Waals surface area contributed by atoms with E-state index in [2.05, 4.69) is 44.6 Å². The predicted molar refractivity (Wildman–Crippen MR) is 110 cm³/mol. The highest BCUT2D eigenvalue weighted by Gasteiger charge is 2.17. The highest BCUT2D eigenvalue weighted by molar-refractivity contribution is 5.83. The molecule has 4 rings (SSSR count). The zero-order valence-corrected chi connectivity index (χ0v) is 16.6. The first-order valence-corrected chi connectivity index (χ1v) is 9.60. The lowest BCUT2D eigenvalue weighted by Gasteiger charge is -2.10. The Morgan fingerprint density at radius 3 is 2.47 bits per heavy atom. The summed E-state index contributed by atoms with van der Waals surface area (Å²) in [4.78, 5) is 15.5. The molecule has 0 spiro atoms. The summed E-state index contributed by atoms with van der Waals surface area (Å²) in [7, 11) is 0. The van der Waals surface area contributed by atoms with Gasteiger partial charge in [-0.3, -0.25) is 0 Å². The van der Waals surface area contributed by atoms with Gasteiger partial charge in [0.1, 0.15) is 5.82 Å². The smallest absolute Gasteiger partial charge is 0.375 e. The summed E-state index contributed by atoms with van der Waals surface area (Å²) >= 11 is 0. The Labute approximate surface area is 172 Å². The molecule has 0 radical (unpaired) electrons. The first-order valence-electron chi connectivity index (χ1n) is 9.60. The van der Waals surface area contributed by atoms with E-state index in [4.69, 9.17) is 0 Å². The summed E-state index contributed by atoms with van der Waals surface area (Å²) < 4.78 is 1.67. The van der Waals surface area contributed by atoms with Gasteiger partial charge in [-0.2, -0.15) is 5.21 Å². The van der Waals surface area contributed by atoms with E-state index in [0.29, 0.717) is 30.5 Å². The van der Waals surface area contributed by atoms with Crippen LogP contribution in [0, 0.1) is 5.92 Å². The van der Waals surface area contributed by atoms with Crippen LogP contribution >= 0.6 is 0 Å². The Hall–Kier alpha value is -3.88. The minimum absolute atomic E-state index is 0.170. The summed E-state index contributed by atoms with van der Waals surface area (Å²) in [5, 5.41) is 27.7. The van der Waals surface area contributed by atoms with Crippen molar-refractivity contribution in [1.29, 1.82) is 0 Å². The van der Waals surface area contributed by atoms with Crippen molar-refractivity contribution in [2.24, 2.45) is 5.92 Å². The molecule has 0 unspecified atom stereocenters. The normalized spacial score (nSPS) is 11.2. The molecule has 0 fully saturated rings. The van der Waals surface area contributed by atoms with E-state index in [9.17, 15) is 9.90 Å². The summed E-state index contributed by atoms with van der Waals surface area (Å²) in [6.07, 6.45) is 0.663. The SMILES string of the molecule is CC(C)Cc1nc(C(=O)O)nn1Cc1ccc(-c2ccccc2-c2nn[nH]n2)cc1. The number of rotatable bonds is 7. The van der Waals surface area contributed by atoms with E-state index in [0.717, 1.165) is 22.3 Å². The zero-order valence-electron chi connectivity index (χ0n) is 16.6. The zero-order chi connectivity index (χ0) is 21.1. The third-order valence-electron chi connectivity index (χ3n) is 4.64. The third-order valence-corrected chi connectivity index (χ3v) is 4.64. The molecule has 0 saturated carbocycles. The average Bonchev–Trinajstić information content (AvgIpc) is 3.39. The van der Waals surface area contributed by atoms with E-state index in [1.165, 1.54) is 0 Å². The van der Waals surface area contributed by atoms with Crippen LogP contribution in [0.4, 0.5) is 0 Å². The van der Waals surface area contributed by atoms with E-state index in [1.807, 2.05) is 48.5 Å². The van der Waals surface area contributed by atoms with Crippen molar-refractivity contribution >= 4 is 5.97 Å².